The Morgan fingerprint density at radius 2 is 1.66 bits per heavy atom. The summed E-state index contributed by atoms with van der Waals surface area (Å²) in [5, 5.41) is 23.1. The Hall–Kier alpha value is -4.98. The van der Waals surface area contributed by atoms with Gasteiger partial charge in [-0.2, -0.15) is 5.21 Å². The third kappa shape index (κ3) is 9.37. The number of hydrogen-bond donors (Lipinski definition) is 5. The molecule has 4 aromatic rings. The van der Waals surface area contributed by atoms with Gasteiger partial charge >= 0.3 is 0 Å². The van der Waals surface area contributed by atoms with Crippen LogP contribution in [0, 0.1) is 11.8 Å². The Labute approximate surface area is 291 Å². The maximum atomic E-state index is 13.8. The van der Waals surface area contributed by atoms with E-state index in [1.807, 2.05) is 48.5 Å². The summed E-state index contributed by atoms with van der Waals surface area (Å²) >= 11 is 0. The van der Waals surface area contributed by atoms with Crippen LogP contribution in [0.1, 0.15) is 41.6 Å². The molecular weight excluding hydrogens is 634 g/mol. The number of benzene rings is 3. The van der Waals surface area contributed by atoms with E-state index in [1.165, 1.54) is 0 Å². The van der Waals surface area contributed by atoms with Crippen molar-refractivity contribution in [2.24, 2.45) is 17.6 Å². The molecule has 1 saturated heterocycles. The van der Waals surface area contributed by atoms with Gasteiger partial charge in [0, 0.05) is 55.3 Å². The summed E-state index contributed by atoms with van der Waals surface area (Å²) in [5.74, 6) is 0.181. The van der Waals surface area contributed by atoms with Gasteiger partial charge in [0.1, 0.15) is 6.04 Å². The van der Waals surface area contributed by atoms with E-state index in [-0.39, 0.29) is 30.1 Å². The fourth-order valence-corrected chi connectivity index (χ4v) is 6.58. The molecule has 6 N–H and O–H groups in total. The first-order valence-corrected chi connectivity index (χ1v) is 17.4. The lowest BCUT2D eigenvalue weighted by Gasteiger charge is -2.28. The fraction of sp³-hybridized carbons (Fsp3) is 0.405. The number of carbonyl (C=O) groups is 3. The molecule has 0 bridgehead atoms. The van der Waals surface area contributed by atoms with E-state index in [9.17, 15) is 14.4 Å². The molecule has 0 radical (unpaired) electrons. The molecule has 1 aliphatic carbocycles. The van der Waals surface area contributed by atoms with Gasteiger partial charge in [0.2, 0.25) is 17.6 Å². The number of rotatable bonds is 13. The largest absolute Gasteiger partial charge is 0.379 e. The Morgan fingerprint density at radius 3 is 2.38 bits per heavy atom. The monoisotopic (exact) mass is 679 g/mol. The maximum Gasteiger partial charge on any atom is 0.251 e. The minimum atomic E-state index is -0.814. The number of hydrogen-bond acceptors (Lipinski definition) is 9. The van der Waals surface area contributed by atoms with Crippen LogP contribution in [0.25, 0.3) is 22.5 Å². The van der Waals surface area contributed by atoms with Crippen molar-refractivity contribution in [2.45, 2.75) is 38.1 Å². The minimum Gasteiger partial charge on any atom is -0.379 e. The highest BCUT2D eigenvalue weighted by molar-refractivity contribution is 5.98. The van der Waals surface area contributed by atoms with E-state index in [4.69, 9.17) is 10.5 Å². The van der Waals surface area contributed by atoms with Gasteiger partial charge in [-0.3, -0.25) is 19.3 Å². The molecule has 13 heteroatoms. The van der Waals surface area contributed by atoms with Gasteiger partial charge in [-0.1, -0.05) is 36.4 Å². The lowest BCUT2D eigenvalue weighted by atomic mass is 9.81. The lowest BCUT2D eigenvalue weighted by molar-refractivity contribution is -0.130. The first kappa shape index (κ1) is 34.9. The van der Waals surface area contributed by atoms with Crippen LogP contribution in [0.2, 0.25) is 0 Å². The molecule has 262 valence electrons. The molecule has 0 spiro atoms. The topological polar surface area (TPSA) is 180 Å². The number of nitrogens with one attached hydrogen (secondary N) is 4. The number of aromatic nitrogens is 4. The number of H-pyrrole nitrogens is 1. The third-order valence-corrected chi connectivity index (χ3v) is 9.58. The Balaban J connectivity index is 1.14. The second kappa shape index (κ2) is 17.1. The third-order valence-electron chi connectivity index (χ3n) is 9.58. The summed E-state index contributed by atoms with van der Waals surface area (Å²) < 4.78 is 5.40. The normalized spacial score (nSPS) is 18.6. The zero-order valence-corrected chi connectivity index (χ0v) is 28.1. The Kier molecular flexibility index (Phi) is 11.9. The summed E-state index contributed by atoms with van der Waals surface area (Å²) in [7, 11) is 0. The molecule has 1 atom stereocenters. The first-order chi connectivity index (χ1) is 24.4. The fourth-order valence-electron chi connectivity index (χ4n) is 6.58. The first-order valence-electron chi connectivity index (χ1n) is 17.4. The van der Waals surface area contributed by atoms with E-state index < -0.39 is 6.04 Å². The van der Waals surface area contributed by atoms with Crippen molar-refractivity contribution < 1.29 is 19.1 Å². The van der Waals surface area contributed by atoms with Crippen molar-refractivity contribution in [2.75, 3.05) is 51.3 Å². The molecule has 3 amide bonds. The molecule has 6 rings (SSSR count). The maximum absolute atomic E-state index is 13.8. The number of amides is 3. The number of aromatic amines is 1. The van der Waals surface area contributed by atoms with Crippen molar-refractivity contribution >= 4 is 23.4 Å². The van der Waals surface area contributed by atoms with Gasteiger partial charge in [0.05, 0.1) is 13.2 Å². The van der Waals surface area contributed by atoms with Crippen molar-refractivity contribution in [1.29, 1.82) is 0 Å². The average Bonchev–Trinajstić information content (AvgIpc) is 3.71. The number of carbonyl (C=O) groups excluding carboxylic acids is 3. The summed E-state index contributed by atoms with van der Waals surface area (Å²) in [5.41, 5.74) is 10.5. The predicted octanol–water partition coefficient (Wildman–Crippen LogP) is 3.03. The van der Waals surface area contributed by atoms with Crippen molar-refractivity contribution in [3.05, 3.63) is 83.9 Å². The average molecular weight is 680 g/mol. The van der Waals surface area contributed by atoms with E-state index in [1.54, 1.807) is 24.3 Å². The Bertz CT molecular complexity index is 1720. The van der Waals surface area contributed by atoms with Crippen LogP contribution in [0.4, 0.5) is 5.69 Å². The van der Waals surface area contributed by atoms with Crippen LogP contribution in [0.15, 0.2) is 72.8 Å². The van der Waals surface area contributed by atoms with Gasteiger partial charge in [0.25, 0.3) is 5.91 Å². The molecule has 1 aliphatic heterocycles. The molecule has 1 aromatic heterocycles. The highest BCUT2D eigenvalue weighted by Crippen LogP contribution is 2.29. The highest BCUT2D eigenvalue weighted by atomic mass is 16.5. The van der Waals surface area contributed by atoms with E-state index in [0.717, 1.165) is 80.8 Å². The molecule has 2 heterocycles. The number of morpholine rings is 1. The van der Waals surface area contributed by atoms with Crippen LogP contribution in [0.5, 0.6) is 0 Å². The smallest absolute Gasteiger partial charge is 0.251 e. The zero-order valence-electron chi connectivity index (χ0n) is 28.1. The van der Waals surface area contributed by atoms with E-state index in [0.29, 0.717) is 36.1 Å². The van der Waals surface area contributed by atoms with Gasteiger partial charge in [-0.15, -0.1) is 10.2 Å². The van der Waals surface area contributed by atoms with Crippen LogP contribution in [0.3, 0.4) is 0 Å². The van der Waals surface area contributed by atoms with Crippen molar-refractivity contribution in [3.8, 4) is 22.5 Å². The number of anilines is 1. The molecule has 13 nitrogen and oxygen atoms in total. The summed E-state index contributed by atoms with van der Waals surface area (Å²) in [6.07, 6.45) is 3.61. The highest BCUT2D eigenvalue weighted by Gasteiger charge is 2.29. The molecule has 3 aromatic carbocycles. The predicted molar refractivity (Wildman–Crippen MR) is 190 cm³/mol. The Morgan fingerprint density at radius 1 is 0.920 bits per heavy atom. The van der Waals surface area contributed by atoms with Crippen molar-refractivity contribution in [3.63, 3.8) is 0 Å². The zero-order chi connectivity index (χ0) is 34.7. The molecule has 50 heavy (non-hydrogen) atoms. The summed E-state index contributed by atoms with van der Waals surface area (Å²) in [6.45, 7) is 5.16. The SMILES string of the molecule is NCC1CCC(C(=O)N[C@@H](Cc2cccc(-c3cccc(C(=O)NCCN4CCOCC4)c3)c2)C(=O)Nc2ccc(-c3nn[nH]n3)cc2)CC1. The van der Waals surface area contributed by atoms with Gasteiger partial charge in [0.15, 0.2) is 0 Å². The summed E-state index contributed by atoms with van der Waals surface area (Å²) in [6, 6.07) is 21.7. The molecule has 0 unspecified atom stereocenters. The number of tetrazole rings is 1. The molecule has 2 aliphatic rings. The van der Waals surface area contributed by atoms with Crippen LogP contribution in [-0.2, 0) is 20.7 Å². The lowest BCUT2D eigenvalue weighted by Crippen LogP contribution is -2.48. The number of ether oxygens (including phenoxy) is 1. The summed E-state index contributed by atoms with van der Waals surface area (Å²) in [4.78, 5) is 42.5. The van der Waals surface area contributed by atoms with Gasteiger partial charge < -0.3 is 26.4 Å². The van der Waals surface area contributed by atoms with Crippen molar-refractivity contribution in [1.82, 2.24) is 36.2 Å². The van der Waals surface area contributed by atoms with E-state index >= 15 is 0 Å². The standard InChI is InChI=1S/C37H45N9O4/c38-24-25-7-9-28(10-8-25)36(48)41-33(37(49)40-32-13-11-27(12-14-32)34-42-44-45-43-34)22-26-3-1-4-29(21-26)30-5-2-6-31(23-30)35(47)39-15-16-46-17-19-50-20-18-46/h1-6,11-14,21,23,25,28,33H,7-10,15-20,22,24,38H2,(H,39,47)(H,40,49)(H,41,48)(H,42,43,44,45)/t25?,28?,33-/m0/s1. The quantitative estimate of drug-likeness (QED) is 0.142. The number of nitrogens with zero attached hydrogens (tertiary/aromatic N) is 4. The molecule has 1 saturated carbocycles. The second-order valence-corrected chi connectivity index (χ2v) is 13.0. The molecule has 2 fully saturated rings. The van der Waals surface area contributed by atoms with E-state index in [2.05, 4.69) is 41.5 Å². The van der Waals surface area contributed by atoms with Crippen LogP contribution in [-0.4, -0.2) is 95.2 Å². The second-order valence-electron chi connectivity index (χ2n) is 13.0. The van der Waals surface area contributed by atoms with Crippen LogP contribution < -0.4 is 21.7 Å². The van der Waals surface area contributed by atoms with Gasteiger partial charge in [-0.25, -0.2) is 0 Å². The minimum absolute atomic E-state index is 0.114. The molecular formula is C37H45N9O4. The van der Waals surface area contributed by atoms with Crippen LogP contribution >= 0.6 is 0 Å². The van der Waals surface area contributed by atoms with Gasteiger partial charge in [-0.05, 0) is 96.4 Å². The number of nitrogens with two attached hydrogens (primary N) is 1.